The number of benzene rings is 1. The Morgan fingerprint density at radius 3 is 2.80 bits per heavy atom. The van der Waals surface area contributed by atoms with Crippen molar-refractivity contribution < 1.29 is 4.79 Å². The van der Waals surface area contributed by atoms with E-state index in [-0.39, 0.29) is 5.78 Å². The number of ketones is 1. The summed E-state index contributed by atoms with van der Waals surface area (Å²) in [6, 6.07) is 7.71. The van der Waals surface area contributed by atoms with Crippen molar-refractivity contribution >= 4 is 17.5 Å². The van der Waals surface area contributed by atoms with Gasteiger partial charge >= 0.3 is 0 Å². The van der Waals surface area contributed by atoms with Crippen LogP contribution in [0.4, 0.5) is 0 Å². The molecule has 0 aliphatic heterocycles. The van der Waals surface area contributed by atoms with Crippen molar-refractivity contribution in [3.8, 4) is 0 Å². The Hall–Kier alpha value is -1.95. The molecule has 0 N–H and O–H groups in total. The minimum absolute atomic E-state index is 0.0748. The molecule has 1 heterocycles. The van der Waals surface area contributed by atoms with Crippen LogP contribution in [0.5, 0.6) is 0 Å². The zero-order valence-electron chi connectivity index (χ0n) is 11.3. The number of Topliss-reactive ketones (excluding diaryl/α,β-unsaturated/α-hetero) is 1. The van der Waals surface area contributed by atoms with Crippen molar-refractivity contribution in [2.45, 2.75) is 25.0 Å². The molecule has 6 heteroatoms. The smallest absolute Gasteiger partial charge is 0.210 e. The van der Waals surface area contributed by atoms with Crippen LogP contribution in [-0.4, -0.2) is 31.7 Å². The van der Waals surface area contributed by atoms with E-state index >= 15 is 0 Å². The van der Waals surface area contributed by atoms with Crippen molar-refractivity contribution in [3.05, 3.63) is 48.0 Å². The Balaban J connectivity index is 1.97. The largest absolute Gasteiger partial charge is 0.293 e. The summed E-state index contributed by atoms with van der Waals surface area (Å²) >= 11 is 1.34. The number of hydrogen-bond donors (Lipinski definition) is 0. The lowest BCUT2D eigenvalue weighted by atomic mass is 10.1. The molecule has 5 nitrogen and oxygen atoms in total. The van der Waals surface area contributed by atoms with Gasteiger partial charge in [-0.3, -0.25) is 4.79 Å². The number of aromatic nitrogens is 4. The third-order valence-electron chi connectivity index (χ3n) is 2.82. The molecule has 1 aromatic carbocycles. The average Bonchev–Trinajstić information content (AvgIpc) is 2.92. The fourth-order valence-electron chi connectivity index (χ4n) is 1.68. The van der Waals surface area contributed by atoms with Crippen LogP contribution in [0.1, 0.15) is 22.8 Å². The molecule has 0 unspecified atom stereocenters. The molecule has 0 amide bonds. The molecule has 0 bridgehead atoms. The van der Waals surface area contributed by atoms with E-state index in [2.05, 4.69) is 29.0 Å². The molecule has 2 aromatic rings. The third kappa shape index (κ3) is 3.54. The van der Waals surface area contributed by atoms with E-state index in [0.717, 1.165) is 12.0 Å². The maximum Gasteiger partial charge on any atom is 0.210 e. The summed E-state index contributed by atoms with van der Waals surface area (Å²) in [6.07, 6.45) is 2.69. The number of allylic oxidation sites excluding steroid dienone is 1. The zero-order chi connectivity index (χ0) is 14.4. The monoisotopic (exact) mass is 288 g/mol. The molecule has 0 radical (unpaired) electrons. The zero-order valence-corrected chi connectivity index (χ0v) is 12.1. The van der Waals surface area contributed by atoms with Crippen molar-refractivity contribution in [1.82, 2.24) is 20.2 Å². The highest BCUT2D eigenvalue weighted by Gasteiger charge is 2.10. The van der Waals surface area contributed by atoms with E-state index in [1.54, 1.807) is 10.8 Å². The van der Waals surface area contributed by atoms with E-state index in [1.165, 1.54) is 17.3 Å². The number of nitrogens with zero attached hydrogens (tertiary/aromatic N) is 4. The molecular formula is C14H16N4OS. The summed E-state index contributed by atoms with van der Waals surface area (Å²) in [5.41, 5.74) is 1.95. The topological polar surface area (TPSA) is 60.7 Å². The Kier molecular flexibility index (Phi) is 5.06. The SMILES string of the molecule is C=CCn1nnnc1SCC(=O)c1ccc(CC)cc1. The van der Waals surface area contributed by atoms with Gasteiger partial charge in [0.15, 0.2) is 5.78 Å². The van der Waals surface area contributed by atoms with Crippen LogP contribution < -0.4 is 0 Å². The second-order valence-corrected chi connectivity index (χ2v) is 5.14. The number of tetrazole rings is 1. The van der Waals surface area contributed by atoms with Gasteiger partial charge in [0.1, 0.15) is 0 Å². The molecule has 2 rings (SSSR count). The lowest BCUT2D eigenvalue weighted by molar-refractivity contribution is 0.102. The van der Waals surface area contributed by atoms with Crippen LogP contribution in [0.3, 0.4) is 0 Å². The quantitative estimate of drug-likeness (QED) is 0.445. The van der Waals surface area contributed by atoms with Crippen molar-refractivity contribution in [2.24, 2.45) is 0 Å². The fraction of sp³-hybridized carbons (Fsp3) is 0.286. The minimum Gasteiger partial charge on any atom is -0.293 e. The molecule has 20 heavy (non-hydrogen) atoms. The number of rotatable bonds is 7. The third-order valence-corrected chi connectivity index (χ3v) is 3.77. The van der Waals surface area contributed by atoms with Crippen molar-refractivity contribution in [1.29, 1.82) is 0 Å². The highest BCUT2D eigenvalue weighted by molar-refractivity contribution is 7.99. The van der Waals surface area contributed by atoms with Gasteiger partial charge in [0.2, 0.25) is 5.16 Å². The van der Waals surface area contributed by atoms with E-state index in [0.29, 0.717) is 17.5 Å². The van der Waals surface area contributed by atoms with Crippen molar-refractivity contribution in [2.75, 3.05) is 5.75 Å². The Morgan fingerprint density at radius 1 is 1.40 bits per heavy atom. The van der Waals surface area contributed by atoms with Gasteiger partial charge in [-0.1, -0.05) is 49.0 Å². The van der Waals surface area contributed by atoms with Crippen LogP contribution in [-0.2, 0) is 13.0 Å². The first-order valence-electron chi connectivity index (χ1n) is 6.36. The van der Waals surface area contributed by atoms with Gasteiger partial charge < -0.3 is 0 Å². The molecule has 0 spiro atoms. The first kappa shape index (κ1) is 14.5. The number of aryl methyl sites for hydroxylation is 1. The van der Waals surface area contributed by atoms with Crippen molar-refractivity contribution in [3.63, 3.8) is 0 Å². The average molecular weight is 288 g/mol. The molecule has 0 saturated carbocycles. The number of carbonyl (C=O) groups excluding carboxylic acids is 1. The summed E-state index contributed by atoms with van der Waals surface area (Å²) < 4.78 is 1.62. The molecule has 0 atom stereocenters. The van der Waals surface area contributed by atoms with Crippen LogP contribution in [0.25, 0.3) is 0 Å². The van der Waals surface area contributed by atoms with Crippen LogP contribution in [0, 0.1) is 0 Å². The molecule has 104 valence electrons. The van der Waals surface area contributed by atoms with Gasteiger partial charge in [-0.05, 0) is 22.4 Å². The van der Waals surface area contributed by atoms with E-state index in [1.807, 2.05) is 24.3 Å². The van der Waals surface area contributed by atoms with Crippen LogP contribution in [0.2, 0.25) is 0 Å². The highest BCUT2D eigenvalue weighted by atomic mass is 32.2. The Bertz CT molecular complexity index is 591. The van der Waals surface area contributed by atoms with E-state index < -0.39 is 0 Å². The molecule has 0 aliphatic rings. The molecule has 0 saturated heterocycles. The maximum atomic E-state index is 12.1. The molecular weight excluding hydrogens is 272 g/mol. The Morgan fingerprint density at radius 2 is 2.15 bits per heavy atom. The highest BCUT2D eigenvalue weighted by Crippen LogP contribution is 2.16. The maximum absolute atomic E-state index is 12.1. The first-order valence-corrected chi connectivity index (χ1v) is 7.35. The fourth-order valence-corrected chi connectivity index (χ4v) is 2.46. The summed E-state index contributed by atoms with van der Waals surface area (Å²) in [6.45, 7) is 6.27. The van der Waals surface area contributed by atoms with Gasteiger partial charge in [0.05, 0.1) is 12.3 Å². The summed E-state index contributed by atoms with van der Waals surface area (Å²) in [5.74, 6) is 0.397. The van der Waals surface area contributed by atoms with E-state index in [4.69, 9.17) is 0 Å². The van der Waals surface area contributed by atoms with Gasteiger partial charge in [-0.15, -0.1) is 11.7 Å². The number of carbonyl (C=O) groups is 1. The van der Waals surface area contributed by atoms with E-state index in [9.17, 15) is 4.79 Å². The normalized spacial score (nSPS) is 10.4. The van der Waals surface area contributed by atoms with Crippen LogP contribution in [0.15, 0.2) is 42.1 Å². The summed E-state index contributed by atoms with van der Waals surface area (Å²) in [5, 5.41) is 11.9. The van der Waals surface area contributed by atoms with Gasteiger partial charge in [0, 0.05) is 5.56 Å². The summed E-state index contributed by atoms with van der Waals surface area (Å²) in [4.78, 5) is 12.1. The summed E-state index contributed by atoms with van der Waals surface area (Å²) in [7, 11) is 0. The lowest BCUT2D eigenvalue weighted by Crippen LogP contribution is -2.05. The number of thioether (sulfide) groups is 1. The van der Waals surface area contributed by atoms with Crippen LogP contribution >= 0.6 is 11.8 Å². The molecule has 1 aromatic heterocycles. The molecule has 0 aliphatic carbocycles. The molecule has 0 fully saturated rings. The minimum atomic E-state index is 0.0748. The van der Waals surface area contributed by atoms with Gasteiger partial charge in [0.25, 0.3) is 0 Å². The second-order valence-electron chi connectivity index (χ2n) is 4.19. The predicted molar refractivity (Wildman–Crippen MR) is 78.9 cm³/mol. The standard InChI is InChI=1S/C14H16N4OS/c1-3-9-18-14(15-16-17-18)20-10-13(19)12-7-5-11(4-2)6-8-12/h3,5-8H,1,4,9-10H2,2H3. The lowest BCUT2D eigenvalue weighted by Gasteiger charge is -2.03. The predicted octanol–water partition coefficient (Wildman–Crippen LogP) is 2.40. The first-order chi connectivity index (χ1) is 9.74. The number of hydrogen-bond acceptors (Lipinski definition) is 5. The Labute approximate surface area is 122 Å². The van der Waals surface area contributed by atoms with Gasteiger partial charge in [-0.2, -0.15) is 0 Å². The second kappa shape index (κ2) is 7.00. The van der Waals surface area contributed by atoms with Gasteiger partial charge in [-0.25, -0.2) is 4.68 Å².